The molecule has 0 fully saturated rings. The second-order valence-electron chi connectivity index (χ2n) is 4.41. The standard InChI is InChI=1S/C15H13BrN2/c1-11-3-2-7-17-14(11)10-18-8-6-12-9-13(16)4-5-15(12)18/h2-9H,10H2,1H3. The maximum absolute atomic E-state index is 4.45. The van der Waals surface area contributed by atoms with Crippen molar-refractivity contribution in [3.8, 4) is 0 Å². The molecule has 2 nitrogen and oxygen atoms in total. The van der Waals surface area contributed by atoms with Gasteiger partial charge in [0.05, 0.1) is 12.2 Å². The third-order valence-electron chi connectivity index (χ3n) is 3.17. The number of hydrogen-bond donors (Lipinski definition) is 0. The summed E-state index contributed by atoms with van der Waals surface area (Å²) in [4.78, 5) is 4.45. The molecule has 0 radical (unpaired) electrons. The highest BCUT2D eigenvalue weighted by molar-refractivity contribution is 9.10. The number of fused-ring (bicyclic) bond motifs is 1. The number of aryl methyl sites for hydroxylation is 1. The smallest absolute Gasteiger partial charge is 0.0651 e. The number of hydrogen-bond acceptors (Lipinski definition) is 1. The minimum Gasteiger partial charge on any atom is -0.341 e. The predicted molar refractivity (Wildman–Crippen MR) is 77.7 cm³/mol. The van der Waals surface area contributed by atoms with E-state index < -0.39 is 0 Å². The molecule has 18 heavy (non-hydrogen) atoms. The zero-order valence-corrected chi connectivity index (χ0v) is 11.7. The Morgan fingerprint density at radius 1 is 1.22 bits per heavy atom. The van der Waals surface area contributed by atoms with E-state index in [0.29, 0.717) is 0 Å². The molecule has 2 heterocycles. The van der Waals surface area contributed by atoms with Crippen LogP contribution in [0.3, 0.4) is 0 Å². The second kappa shape index (κ2) is 4.58. The van der Waals surface area contributed by atoms with E-state index in [1.807, 2.05) is 12.3 Å². The molecular formula is C15H13BrN2. The molecule has 3 heteroatoms. The van der Waals surface area contributed by atoms with Crippen molar-refractivity contribution in [2.45, 2.75) is 13.5 Å². The fourth-order valence-corrected chi connectivity index (χ4v) is 2.53. The topological polar surface area (TPSA) is 17.8 Å². The molecule has 0 saturated heterocycles. The van der Waals surface area contributed by atoms with Crippen molar-refractivity contribution >= 4 is 26.8 Å². The zero-order chi connectivity index (χ0) is 12.5. The monoisotopic (exact) mass is 300 g/mol. The number of aromatic nitrogens is 2. The summed E-state index contributed by atoms with van der Waals surface area (Å²) in [5.41, 5.74) is 3.60. The van der Waals surface area contributed by atoms with Crippen molar-refractivity contribution in [1.29, 1.82) is 0 Å². The molecule has 0 bridgehead atoms. The van der Waals surface area contributed by atoms with E-state index in [9.17, 15) is 0 Å². The van der Waals surface area contributed by atoms with Crippen LogP contribution in [0, 0.1) is 6.92 Å². The van der Waals surface area contributed by atoms with E-state index in [0.717, 1.165) is 16.7 Å². The van der Waals surface area contributed by atoms with Crippen LogP contribution < -0.4 is 0 Å². The van der Waals surface area contributed by atoms with Crippen molar-refractivity contribution < 1.29 is 0 Å². The van der Waals surface area contributed by atoms with Gasteiger partial charge in [-0.15, -0.1) is 0 Å². The second-order valence-corrected chi connectivity index (χ2v) is 5.33. The fourth-order valence-electron chi connectivity index (χ4n) is 2.15. The first-order valence-corrected chi connectivity index (χ1v) is 6.68. The third kappa shape index (κ3) is 2.06. The number of rotatable bonds is 2. The molecule has 1 aromatic carbocycles. The SMILES string of the molecule is Cc1cccnc1Cn1ccc2cc(Br)ccc21. The Morgan fingerprint density at radius 3 is 2.94 bits per heavy atom. The van der Waals surface area contributed by atoms with E-state index >= 15 is 0 Å². The summed E-state index contributed by atoms with van der Waals surface area (Å²) in [6, 6.07) is 12.6. The van der Waals surface area contributed by atoms with Crippen molar-refractivity contribution in [3.05, 3.63) is 64.5 Å². The summed E-state index contributed by atoms with van der Waals surface area (Å²) in [7, 11) is 0. The van der Waals surface area contributed by atoms with E-state index in [-0.39, 0.29) is 0 Å². The van der Waals surface area contributed by atoms with E-state index in [1.165, 1.54) is 16.5 Å². The van der Waals surface area contributed by atoms with Gasteiger partial charge in [0.2, 0.25) is 0 Å². The first-order chi connectivity index (χ1) is 8.74. The Hall–Kier alpha value is -1.61. The van der Waals surface area contributed by atoms with E-state index in [4.69, 9.17) is 0 Å². The van der Waals surface area contributed by atoms with Crippen LogP contribution in [-0.4, -0.2) is 9.55 Å². The maximum atomic E-state index is 4.45. The Morgan fingerprint density at radius 2 is 2.11 bits per heavy atom. The molecule has 0 spiro atoms. The van der Waals surface area contributed by atoms with E-state index in [1.54, 1.807) is 0 Å². The summed E-state index contributed by atoms with van der Waals surface area (Å²) in [6.45, 7) is 2.92. The van der Waals surface area contributed by atoms with Crippen LogP contribution >= 0.6 is 15.9 Å². The minimum absolute atomic E-state index is 0.817. The van der Waals surface area contributed by atoms with Gasteiger partial charge in [0.15, 0.2) is 0 Å². The molecule has 0 unspecified atom stereocenters. The lowest BCUT2D eigenvalue weighted by molar-refractivity contribution is 0.799. The van der Waals surface area contributed by atoms with Crippen LogP contribution in [0.5, 0.6) is 0 Å². The van der Waals surface area contributed by atoms with Gasteiger partial charge in [-0.1, -0.05) is 22.0 Å². The molecule has 90 valence electrons. The lowest BCUT2D eigenvalue weighted by Gasteiger charge is -2.07. The largest absolute Gasteiger partial charge is 0.341 e. The van der Waals surface area contributed by atoms with Gasteiger partial charge >= 0.3 is 0 Å². The Balaban J connectivity index is 2.03. The van der Waals surface area contributed by atoms with Crippen LogP contribution in [0.15, 0.2) is 53.3 Å². The molecule has 3 aromatic rings. The fraction of sp³-hybridized carbons (Fsp3) is 0.133. The molecule has 0 aliphatic carbocycles. The van der Waals surface area contributed by atoms with Crippen molar-refractivity contribution in [2.75, 3.05) is 0 Å². The van der Waals surface area contributed by atoms with Crippen LogP contribution in [0.1, 0.15) is 11.3 Å². The highest BCUT2D eigenvalue weighted by Crippen LogP contribution is 2.21. The van der Waals surface area contributed by atoms with Gasteiger partial charge in [0, 0.05) is 27.8 Å². The van der Waals surface area contributed by atoms with E-state index in [2.05, 4.69) is 68.9 Å². The summed E-state index contributed by atoms with van der Waals surface area (Å²) < 4.78 is 3.35. The summed E-state index contributed by atoms with van der Waals surface area (Å²) in [6.07, 6.45) is 3.97. The average molecular weight is 301 g/mol. The highest BCUT2D eigenvalue weighted by atomic mass is 79.9. The number of nitrogens with zero attached hydrogens (tertiary/aromatic N) is 2. The summed E-state index contributed by atoms with van der Waals surface area (Å²) >= 11 is 3.50. The quantitative estimate of drug-likeness (QED) is 0.695. The first-order valence-electron chi connectivity index (χ1n) is 5.89. The van der Waals surface area contributed by atoms with Crippen LogP contribution in [-0.2, 0) is 6.54 Å². The molecule has 0 N–H and O–H groups in total. The Kier molecular flexibility index (Phi) is 2.92. The van der Waals surface area contributed by atoms with Crippen molar-refractivity contribution in [3.63, 3.8) is 0 Å². The van der Waals surface area contributed by atoms with Gasteiger partial charge in [-0.2, -0.15) is 0 Å². The Labute approximate surface area is 114 Å². The van der Waals surface area contributed by atoms with Crippen LogP contribution in [0.2, 0.25) is 0 Å². The number of benzene rings is 1. The summed E-state index contributed by atoms with van der Waals surface area (Å²) in [5.74, 6) is 0. The molecule has 0 atom stereocenters. The molecule has 0 aliphatic heterocycles. The zero-order valence-electron chi connectivity index (χ0n) is 10.1. The van der Waals surface area contributed by atoms with Crippen molar-refractivity contribution in [2.24, 2.45) is 0 Å². The average Bonchev–Trinajstić information content (AvgIpc) is 2.74. The minimum atomic E-state index is 0.817. The predicted octanol–water partition coefficient (Wildman–Crippen LogP) is 4.16. The molecule has 0 saturated carbocycles. The molecular weight excluding hydrogens is 288 g/mol. The third-order valence-corrected chi connectivity index (χ3v) is 3.66. The molecule has 3 rings (SSSR count). The number of pyridine rings is 1. The van der Waals surface area contributed by atoms with Gasteiger partial charge < -0.3 is 4.57 Å². The molecule has 2 aromatic heterocycles. The Bertz CT molecular complexity index is 701. The first kappa shape index (κ1) is 11.5. The van der Waals surface area contributed by atoms with Gasteiger partial charge in [-0.05, 0) is 42.8 Å². The van der Waals surface area contributed by atoms with Gasteiger partial charge in [-0.25, -0.2) is 0 Å². The molecule has 0 aliphatic rings. The van der Waals surface area contributed by atoms with Gasteiger partial charge in [0.25, 0.3) is 0 Å². The lowest BCUT2D eigenvalue weighted by Crippen LogP contribution is -2.02. The molecule has 0 amide bonds. The lowest BCUT2D eigenvalue weighted by atomic mass is 10.2. The maximum Gasteiger partial charge on any atom is 0.0651 e. The van der Waals surface area contributed by atoms with Crippen molar-refractivity contribution in [1.82, 2.24) is 9.55 Å². The van der Waals surface area contributed by atoms with Crippen LogP contribution in [0.4, 0.5) is 0 Å². The van der Waals surface area contributed by atoms with Crippen LogP contribution in [0.25, 0.3) is 10.9 Å². The van der Waals surface area contributed by atoms with Gasteiger partial charge in [-0.3, -0.25) is 4.98 Å². The summed E-state index contributed by atoms with van der Waals surface area (Å²) in [5, 5.41) is 1.25. The highest BCUT2D eigenvalue weighted by Gasteiger charge is 2.04. The van der Waals surface area contributed by atoms with Gasteiger partial charge in [0.1, 0.15) is 0 Å². The normalized spacial score (nSPS) is 11.0. The number of halogens is 1.